The quantitative estimate of drug-likeness (QED) is 0.306. The predicted octanol–water partition coefficient (Wildman–Crippen LogP) is 4.77. The van der Waals surface area contributed by atoms with Crippen molar-refractivity contribution < 1.29 is 17.7 Å². The van der Waals surface area contributed by atoms with Gasteiger partial charge in [0.15, 0.2) is 0 Å². The number of piperidine rings is 1. The summed E-state index contributed by atoms with van der Waals surface area (Å²) in [5.41, 5.74) is 5.29. The van der Waals surface area contributed by atoms with Crippen LogP contribution in [0, 0.1) is 13.8 Å². The van der Waals surface area contributed by atoms with E-state index in [1.54, 1.807) is 16.7 Å². The average molecular weight is 536 g/mol. The first-order valence-corrected chi connectivity index (χ1v) is 12.7. The standard InChI is InChI=1S/C27H27F2N7O3/c1-15-23(16(2)39-33-15)17-5-7-21-22(12-17)36(20-8-10-34(3)11-9-20)27(37)35(21)14-19-6-4-18(13-30-19)25-31-32-26(38-25)24(28)29/h4-7,12-13,20,24H,8-11,14H2,1-3H3. The maximum Gasteiger partial charge on any atom is 0.329 e. The number of rotatable bonds is 6. The summed E-state index contributed by atoms with van der Waals surface area (Å²) in [6, 6.07) is 9.46. The summed E-state index contributed by atoms with van der Waals surface area (Å²) in [6.45, 7) is 5.86. The summed E-state index contributed by atoms with van der Waals surface area (Å²) in [4.78, 5) is 20.6. The van der Waals surface area contributed by atoms with Crippen molar-refractivity contribution >= 4 is 11.0 Å². The number of likely N-dealkylation sites (tertiary alicyclic amines) is 1. The summed E-state index contributed by atoms with van der Waals surface area (Å²) in [5, 5.41) is 11.1. The van der Waals surface area contributed by atoms with Crippen molar-refractivity contribution in [2.75, 3.05) is 20.1 Å². The van der Waals surface area contributed by atoms with Crippen LogP contribution in [-0.4, -0.2) is 54.5 Å². The number of imidazole rings is 1. The number of halogens is 2. The van der Waals surface area contributed by atoms with Gasteiger partial charge in [0, 0.05) is 17.8 Å². The molecule has 0 bridgehead atoms. The van der Waals surface area contributed by atoms with E-state index in [0.717, 1.165) is 59.5 Å². The first-order chi connectivity index (χ1) is 18.8. The molecule has 6 rings (SSSR count). The lowest BCUT2D eigenvalue weighted by atomic mass is 10.0. The van der Waals surface area contributed by atoms with Crippen LogP contribution in [-0.2, 0) is 6.54 Å². The summed E-state index contributed by atoms with van der Waals surface area (Å²) >= 11 is 0. The molecule has 10 nitrogen and oxygen atoms in total. The van der Waals surface area contributed by atoms with E-state index in [0.29, 0.717) is 11.3 Å². The van der Waals surface area contributed by atoms with Gasteiger partial charge >= 0.3 is 12.1 Å². The van der Waals surface area contributed by atoms with Crippen LogP contribution in [0.2, 0.25) is 0 Å². The Hall–Kier alpha value is -4.19. The Balaban J connectivity index is 1.39. The van der Waals surface area contributed by atoms with Crippen LogP contribution in [0.15, 0.2) is 50.3 Å². The van der Waals surface area contributed by atoms with Crippen LogP contribution < -0.4 is 5.69 Å². The van der Waals surface area contributed by atoms with Crippen molar-refractivity contribution in [3.05, 3.63) is 70.1 Å². The van der Waals surface area contributed by atoms with Gasteiger partial charge in [-0.05, 0) is 76.7 Å². The van der Waals surface area contributed by atoms with Gasteiger partial charge in [0.2, 0.25) is 5.89 Å². The minimum absolute atomic E-state index is 0.0350. The van der Waals surface area contributed by atoms with Crippen LogP contribution in [0.1, 0.15) is 48.3 Å². The van der Waals surface area contributed by atoms with Crippen LogP contribution in [0.3, 0.4) is 0 Å². The normalized spacial score (nSPS) is 15.1. The molecule has 1 aromatic carbocycles. The third-order valence-electron chi connectivity index (χ3n) is 7.36. The lowest BCUT2D eigenvalue weighted by Gasteiger charge is -2.29. The summed E-state index contributed by atoms with van der Waals surface area (Å²) in [5.74, 6) is -0.0452. The summed E-state index contributed by atoms with van der Waals surface area (Å²) in [7, 11) is 2.09. The molecule has 39 heavy (non-hydrogen) atoms. The topological polar surface area (TPSA) is 108 Å². The highest BCUT2D eigenvalue weighted by molar-refractivity contribution is 5.84. The minimum Gasteiger partial charge on any atom is -0.415 e. The van der Waals surface area contributed by atoms with Crippen molar-refractivity contribution in [2.24, 2.45) is 0 Å². The van der Waals surface area contributed by atoms with Crippen LogP contribution >= 0.6 is 0 Å². The van der Waals surface area contributed by atoms with Crippen molar-refractivity contribution in [2.45, 2.75) is 45.7 Å². The highest BCUT2D eigenvalue weighted by atomic mass is 19.3. The highest BCUT2D eigenvalue weighted by Gasteiger charge is 2.25. The van der Waals surface area contributed by atoms with Gasteiger partial charge in [-0.1, -0.05) is 11.2 Å². The van der Waals surface area contributed by atoms with Gasteiger partial charge in [0.1, 0.15) is 5.76 Å². The maximum absolute atomic E-state index is 13.9. The van der Waals surface area contributed by atoms with Gasteiger partial charge in [-0.2, -0.15) is 8.78 Å². The van der Waals surface area contributed by atoms with Crippen molar-refractivity contribution in [3.63, 3.8) is 0 Å². The summed E-state index contributed by atoms with van der Waals surface area (Å²) in [6.07, 6.45) is 0.394. The number of hydrogen-bond acceptors (Lipinski definition) is 8. The Morgan fingerprint density at radius 1 is 1.05 bits per heavy atom. The molecule has 5 aromatic rings. The van der Waals surface area contributed by atoms with Crippen LogP contribution in [0.4, 0.5) is 8.78 Å². The number of alkyl halides is 2. The molecule has 1 aliphatic rings. The van der Waals surface area contributed by atoms with E-state index < -0.39 is 12.3 Å². The first kappa shape index (κ1) is 25.1. The maximum atomic E-state index is 13.9. The SMILES string of the molecule is Cc1noc(C)c1-c1ccc2c(c1)n(C1CCN(C)CC1)c(=O)n2Cc1ccc(-c2nnc(C(F)F)o2)cn1. The zero-order valence-electron chi connectivity index (χ0n) is 21.8. The van der Waals surface area contributed by atoms with E-state index in [1.807, 2.05) is 36.6 Å². The average Bonchev–Trinajstić information content (AvgIpc) is 3.62. The van der Waals surface area contributed by atoms with Crippen LogP contribution in [0.5, 0.6) is 0 Å². The van der Waals surface area contributed by atoms with E-state index in [1.165, 1.54) is 6.20 Å². The molecule has 0 N–H and O–H groups in total. The molecular weight excluding hydrogens is 508 g/mol. The third kappa shape index (κ3) is 4.54. The van der Waals surface area contributed by atoms with E-state index >= 15 is 0 Å². The van der Waals surface area contributed by atoms with Gasteiger partial charge in [0.05, 0.1) is 34.5 Å². The van der Waals surface area contributed by atoms with E-state index in [-0.39, 0.29) is 24.2 Å². The monoisotopic (exact) mass is 535 g/mol. The van der Waals surface area contributed by atoms with Crippen LogP contribution in [0.25, 0.3) is 33.6 Å². The third-order valence-corrected chi connectivity index (χ3v) is 7.36. The zero-order chi connectivity index (χ0) is 27.3. The number of nitrogens with zero attached hydrogens (tertiary/aromatic N) is 7. The molecule has 1 saturated heterocycles. The predicted molar refractivity (Wildman–Crippen MR) is 139 cm³/mol. The summed E-state index contributed by atoms with van der Waals surface area (Å²) < 4.78 is 39.7. The number of benzene rings is 1. The molecule has 0 saturated carbocycles. The highest BCUT2D eigenvalue weighted by Crippen LogP contribution is 2.32. The number of aryl methyl sites for hydroxylation is 2. The molecule has 5 heterocycles. The Kier molecular flexibility index (Phi) is 6.34. The molecule has 1 aliphatic heterocycles. The van der Waals surface area contributed by atoms with Gasteiger partial charge in [-0.25, -0.2) is 4.79 Å². The second kappa shape index (κ2) is 9.84. The molecule has 0 unspecified atom stereocenters. The van der Waals surface area contributed by atoms with Gasteiger partial charge in [-0.3, -0.25) is 14.1 Å². The Morgan fingerprint density at radius 3 is 2.46 bits per heavy atom. The number of aromatic nitrogens is 6. The lowest BCUT2D eigenvalue weighted by Crippen LogP contribution is -2.36. The fourth-order valence-electron chi connectivity index (χ4n) is 5.34. The second-order valence-corrected chi connectivity index (χ2v) is 9.96. The molecule has 4 aromatic heterocycles. The van der Waals surface area contributed by atoms with Gasteiger partial charge in [0.25, 0.3) is 5.89 Å². The van der Waals surface area contributed by atoms with E-state index in [9.17, 15) is 13.6 Å². The van der Waals surface area contributed by atoms with Gasteiger partial charge in [-0.15, -0.1) is 10.2 Å². The Morgan fingerprint density at radius 2 is 1.82 bits per heavy atom. The molecule has 12 heteroatoms. The largest absolute Gasteiger partial charge is 0.415 e. The van der Waals surface area contributed by atoms with Crippen molar-refractivity contribution in [1.29, 1.82) is 0 Å². The van der Waals surface area contributed by atoms with E-state index in [2.05, 4.69) is 32.3 Å². The first-order valence-electron chi connectivity index (χ1n) is 12.7. The number of fused-ring (bicyclic) bond motifs is 1. The zero-order valence-corrected chi connectivity index (χ0v) is 21.8. The van der Waals surface area contributed by atoms with Gasteiger partial charge < -0.3 is 13.8 Å². The lowest BCUT2D eigenvalue weighted by molar-refractivity contribution is 0.116. The molecular formula is C27H27F2N7O3. The fraction of sp³-hybridized carbons (Fsp3) is 0.370. The van der Waals surface area contributed by atoms with Crippen molar-refractivity contribution in [3.8, 4) is 22.6 Å². The molecule has 0 radical (unpaired) electrons. The molecule has 202 valence electrons. The molecule has 0 aliphatic carbocycles. The number of pyridine rings is 1. The number of hydrogen-bond donors (Lipinski definition) is 0. The molecule has 0 atom stereocenters. The fourth-order valence-corrected chi connectivity index (χ4v) is 5.34. The molecule has 0 spiro atoms. The Bertz CT molecular complexity index is 1670. The second-order valence-electron chi connectivity index (χ2n) is 9.96. The van der Waals surface area contributed by atoms with E-state index in [4.69, 9.17) is 8.94 Å². The Labute approximate surface area is 221 Å². The molecule has 0 amide bonds. The minimum atomic E-state index is -2.84. The van der Waals surface area contributed by atoms with Crippen molar-refractivity contribution in [1.82, 2.24) is 34.4 Å². The molecule has 1 fully saturated rings. The smallest absolute Gasteiger partial charge is 0.329 e.